The molecule has 2 rings (SSSR count). The van der Waals surface area contributed by atoms with Crippen LogP contribution in [0.3, 0.4) is 0 Å². The Balaban J connectivity index is 2.53. The normalized spacial score (nSPS) is 10.5. The highest BCUT2D eigenvalue weighted by Crippen LogP contribution is 2.13. The summed E-state index contributed by atoms with van der Waals surface area (Å²) < 4.78 is 0.670. The van der Waals surface area contributed by atoms with Crippen molar-refractivity contribution in [1.82, 2.24) is 15.0 Å². The van der Waals surface area contributed by atoms with Gasteiger partial charge in [0.15, 0.2) is 5.82 Å². The molecule has 2 aromatic rings. The molecule has 0 unspecified atom stereocenters. The van der Waals surface area contributed by atoms with Gasteiger partial charge in [-0.25, -0.2) is 4.98 Å². The number of aromatic nitrogens is 3. The Morgan fingerprint density at radius 3 is 2.88 bits per heavy atom. The van der Waals surface area contributed by atoms with E-state index in [1.165, 1.54) is 0 Å². The van der Waals surface area contributed by atoms with E-state index >= 15 is 0 Å². The molecule has 0 aliphatic carbocycles. The van der Waals surface area contributed by atoms with Crippen LogP contribution in [0.25, 0.3) is 11.5 Å². The maximum Gasteiger partial charge on any atom is 0.264 e. The summed E-state index contributed by atoms with van der Waals surface area (Å²) in [6.45, 7) is 2.07. The van der Waals surface area contributed by atoms with Crippen LogP contribution >= 0.6 is 22.6 Å². The van der Waals surface area contributed by atoms with Crippen LogP contribution in [0, 0.1) is 3.57 Å². The van der Waals surface area contributed by atoms with Crippen LogP contribution in [0.5, 0.6) is 0 Å². The number of aromatic amines is 1. The quantitative estimate of drug-likeness (QED) is 0.873. The Kier molecular flexibility index (Phi) is 3.88. The van der Waals surface area contributed by atoms with E-state index in [0.29, 0.717) is 15.1 Å². The summed E-state index contributed by atoms with van der Waals surface area (Å²) in [5.74, 6) is 0.541. The van der Waals surface area contributed by atoms with Gasteiger partial charge in [0.25, 0.3) is 5.56 Å². The molecule has 0 aromatic carbocycles. The maximum atomic E-state index is 11.8. The molecule has 0 atom stereocenters. The van der Waals surface area contributed by atoms with Gasteiger partial charge in [-0.05, 0) is 41.1 Å². The average Bonchev–Trinajstić information content (AvgIpc) is 2.36. The van der Waals surface area contributed by atoms with E-state index in [2.05, 4.69) is 21.9 Å². The Bertz CT molecular complexity index is 566. The second-order valence-corrected chi connectivity index (χ2v) is 4.72. The Labute approximate surface area is 113 Å². The lowest BCUT2D eigenvalue weighted by Crippen LogP contribution is -2.16. The summed E-state index contributed by atoms with van der Waals surface area (Å²) >= 11 is 2.04. The fourth-order valence-electron chi connectivity index (χ4n) is 1.53. The largest absolute Gasteiger partial charge is 0.304 e. The number of H-pyrrole nitrogens is 1. The van der Waals surface area contributed by atoms with Gasteiger partial charge in [0.05, 0.1) is 9.26 Å². The minimum atomic E-state index is -0.0929. The highest BCUT2D eigenvalue weighted by atomic mass is 127. The molecule has 0 fully saturated rings. The van der Waals surface area contributed by atoms with Crippen molar-refractivity contribution in [2.75, 3.05) is 0 Å². The molecule has 0 saturated heterocycles. The molecular weight excluding hydrogens is 329 g/mol. The smallest absolute Gasteiger partial charge is 0.264 e. The van der Waals surface area contributed by atoms with Crippen molar-refractivity contribution in [2.45, 2.75) is 19.8 Å². The Morgan fingerprint density at radius 1 is 1.41 bits per heavy atom. The molecule has 0 aliphatic rings. The van der Waals surface area contributed by atoms with Crippen molar-refractivity contribution in [3.8, 4) is 11.5 Å². The molecule has 0 amide bonds. The molecule has 17 heavy (non-hydrogen) atoms. The Hall–Kier alpha value is -1.24. The molecule has 2 heterocycles. The number of pyridine rings is 1. The first-order valence-corrected chi connectivity index (χ1v) is 6.50. The number of rotatable bonds is 3. The summed E-state index contributed by atoms with van der Waals surface area (Å²) in [5, 5.41) is 0. The minimum absolute atomic E-state index is 0.0929. The van der Waals surface area contributed by atoms with E-state index in [-0.39, 0.29) is 5.56 Å². The van der Waals surface area contributed by atoms with Crippen LogP contribution in [0.2, 0.25) is 0 Å². The number of hydrogen-bond acceptors (Lipinski definition) is 3. The van der Waals surface area contributed by atoms with E-state index in [9.17, 15) is 4.79 Å². The van der Waals surface area contributed by atoms with Gasteiger partial charge in [0.2, 0.25) is 0 Å². The molecule has 1 N–H and O–H groups in total. The first kappa shape index (κ1) is 12.2. The second kappa shape index (κ2) is 5.39. The molecule has 2 aromatic heterocycles. The summed E-state index contributed by atoms with van der Waals surface area (Å²) in [4.78, 5) is 23.2. The third-order valence-corrected chi connectivity index (χ3v) is 3.44. The second-order valence-electron chi connectivity index (χ2n) is 3.64. The highest BCUT2D eigenvalue weighted by molar-refractivity contribution is 14.1. The average molecular weight is 341 g/mol. The third kappa shape index (κ3) is 2.71. The van der Waals surface area contributed by atoms with Crippen LogP contribution in [-0.4, -0.2) is 15.0 Å². The van der Waals surface area contributed by atoms with Crippen molar-refractivity contribution in [3.63, 3.8) is 0 Å². The fourth-order valence-corrected chi connectivity index (χ4v) is 2.06. The van der Waals surface area contributed by atoms with Gasteiger partial charge in [0.1, 0.15) is 5.69 Å². The monoisotopic (exact) mass is 341 g/mol. The van der Waals surface area contributed by atoms with Crippen molar-refractivity contribution in [1.29, 1.82) is 0 Å². The van der Waals surface area contributed by atoms with Crippen LogP contribution in [0.1, 0.15) is 19.0 Å². The van der Waals surface area contributed by atoms with Crippen LogP contribution < -0.4 is 5.56 Å². The molecule has 0 radical (unpaired) electrons. The molecule has 0 saturated carbocycles. The van der Waals surface area contributed by atoms with Gasteiger partial charge in [-0.3, -0.25) is 9.78 Å². The number of nitrogens with one attached hydrogen (secondary N) is 1. The molecule has 88 valence electrons. The van der Waals surface area contributed by atoms with Gasteiger partial charge < -0.3 is 4.98 Å². The molecule has 0 bridgehead atoms. The number of aryl methyl sites for hydroxylation is 1. The van der Waals surface area contributed by atoms with Gasteiger partial charge >= 0.3 is 0 Å². The van der Waals surface area contributed by atoms with Crippen molar-refractivity contribution in [2.24, 2.45) is 0 Å². The highest BCUT2D eigenvalue weighted by Gasteiger charge is 2.09. The first-order chi connectivity index (χ1) is 8.22. The third-order valence-electron chi connectivity index (χ3n) is 2.33. The summed E-state index contributed by atoms with van der Waals surface area (Å²) in [5.41, 5.74) is 1.44. The standard InChI is InChI=1S/C12H12IN3O/c1-2-5-8-10(13)12(17)16-11(15-8)9-6-3-4-7-14-9/h3-4,6-7H,2,5H2,1H3,(H,15,16,17). The van der Waals surface area contributed by atoms with Gasteiger partial charge in [-0.2, -0.15) is 0 Å². The van der Waals surface area contributed by atoms with Crippen LogP contribution in [0.4, 0.5) is 0 Å². The van der Waals surface area contributed by atoms with Gasteiger partial charge in [-0.1, -0.05) is 19.4 Å². The van der Waals surface area contributed by atoms with Crippen molar-refractivity contribution >= 4 is 22.6 Å². The summed E-state index contributed by atoms with van der Waals surface area (Å²) in [6.07, 6.45) is 3.46. The van der Waals surface area contributed by atoms with E-state index in [0.717, 1.165) is 18.5 Å². The summed E-state index contributed by atoms with van der Waals surface area (Å²) in [7, 11) is 0. The number of hydrogen-bond donors (Lipinski definition) is 1. The molecule has 0 aliphatic heterocycles. The number of halogens is 1. The van der Waals surface area contributed by atoms with E-state index in [1.807, 2.05) is 40.8 Å². The lowest BCUT2D eigenvalue weighted by Gasteiger charge is -2.05. The predicted molar refractivity (Wildman–Crippen MR) is 74.8 cm³/mol. The topological polar surface area (TPSA) is 58.6 Å². The van der Waals surface area contributed by atoms with Gasteiger partial charge in [-0.15, -0.1) is 0 Å². The zero-order chi connectivity index (χ0) is 12.3. The molecule has 0 spiro atoms. The predicted octanol–water partition coefficient (Wildman–Crippen LogP) is 2.39. The van der Waals surface area contributed by atoms with Crippen molar-refractivity contribution < 1.29 is 0 Å². The molecule has 5 heteroatoms. The molecule has 4 nitrogen and oxygen atoms in total. The Morgan fingerprint density at radius 2 is 2.24 bits per heavy atom. The van der Waals surface area contributed by atoms with Crippen molar-refractivity contribution in [3.05, 3.63) is 44.0 Å². The van der Waals surface area contributed by atoms with Crippen LogP contribution in [-0.2, 0) is 6.42 Å². The van der Waals surface area contributed by atoms with Crippen LogP contribution in [0.15, 0.2) is 29.2 Å². The first-order valence-electron chi connectivity index (χ1n) is 5.42. The van der Waals surface area contributed by atoms with Gasteiger partial charge in [0, 0.05) is 6.20 Å². The van der Waals surface area contributed by atoms with E-state index in [4.69, 9.17) is 0 Å². The molecular formula is C12H12IN3O. The zero-order valence-corrected chi connectivity index (χ0v) is 11.6. The SMILES string of the molecule is CCCc1nc(-c2ccccn2)[nH]c(=O)c1I. The maximum absolute atomic E-state index is 11.8. The minimum Gasteiger partial charge on any atom is -0.304 e. The summed E-state index contributed by atoms with van der Waals surface area (Å²) in [6, 6.07) is 5.54. The van der Waals surface area contributed by atoms with E-state index in [1.54, 1.807) is 6.20 Å². The van der Waals surface area contributed by atoms with E-state index < -0.39 is 0 Å². The zero-order valence-electron chi connectivity index (χ0n) is 9.40. The lowest BCUT2D eigenvalue weighted by molar-refractivity contribution is 0.858. The fraction of sp³-hybridized carbons (Fsp3) is 0.250. The number of nitrogens with zero attached hydrogens (tertiary/aromatic N) is 2. The lowest BCUT2D eigenvalue weighted by atomic mass is 10.2.